The van der Waals surface area contributed by atoms with E-state index >= 15 is 0 Å². The molecule has 0 aliphatic heterocycles. The lowest BCUT2D eigenvalue weighted by Gasteiger charge is -2.37. The van der Waals surface area contributed by atoms with Gasteiger partial charge in [0.2, 0.25) is 0 Å². The summed E-state index contributed by atoms with van der Waals surface area (Å²) >= 11 is 0. The second kappa shape index (κ2) is 4.41. The van der Waals surface area contributed by atoms with E-state index in [1.54, 1.807) is 0 Å². The minimum atomic E-state index is -7.05. The highest BCUT2D eigenvalue weighted by Gasteiger charge is 2.85. The maximum atomic E-state index is 12.8. The van der Waals surface area contributed by atoms with Crippen LogP contribution in [0.3, 0.4) is 0 Å². The first kappa shape index (κ1) is 17.8. The monoisotopic (exact) mass is 304 g/mol. The van der Waals surface area contributed by atoms with Crippen LogP contribution in [0.2, 0.25) is 0 Å². The van der Waals surface area contributed by atoms with Crippen LogP contribution in [0.4, 0.5) is 43.9 Å². The van der Waals surface area contributed by atoms with Crippen LogP contribution in [0.5, 0.6) is 0 Å². The zero-order valence-electron chi connectivity index (χ0n) is 8.85. The Morgan fingerprint density at radius 1 is 0.474 bits per heavy atom. The van der Waals surface area contributed by atoms with Gasteiger partial charge in [0, 0.05) is 0 Å². The van der Waals surface area contributed by atoms with Crippen molar-refractivity contribution in [1.82, 2.24) is 0 Å². The quantitative estimate of drug-likeness (QED) is 0.499. The second-order valence-electron chi connectivity index (χ2n) is 3.38. The zero-order valence-corrected chi connectivity index (χ0v) is 8.85. The molecule has 0 N–H and O–H groups in total. The van der Waals surface area contributed by atoms with E-state index in [4.69, 9.17) is 0 Å². The number of hydrogen-bond acceptors (Lipinski definition) is 0. The summed E-state index contributed by atoms with van der Waals surface area (Å²) in [7, 11) is 0. The summed E-state index contributed by atoms with van der Waals surface area (Å²) in [6.07, 6.45) is -2.08. The van der Waals surface area contributed by atoms with Crippen LogP contribution in [0.1, 0.15) is 0 Å². The van der Waals surface area contributed by atoms with Gasteiger partial charge in [0.15, 0.2) is 0 Å². The Balaban J connectivity index is 6.00. The summed E-state index contributed by atoms with van der Waals surface area (Å²) in [6.45, 7) is 4.12. The SMILES string of the molecule is C=CC(F)(F)C(F)(F)C(F)(F)C(F)(F)C(F)(F)C=C. The Labute approximate surface area is 99.9 Å². The normalized spacial score (nSPS) is 15.3. The number of allylic oxidation sites excluding steroid dienone is 2. The number of hydrogen-bond donors (Lipinski definition) is 0. The third kappa shape index (κ3) is 2.20. The molecule has 0 aromatic carbocycles. The van der Waals surface area contributed by atoms with Crippen molar-refractivity contribution in [2.45, 2.75) is 29.6 Å². The Morgan fingerprint density at radius 2 is 0.684 bits per heavy atom. The zero-order chi connectivity index (χ0) is 15.9. The molecule has 112 valence electrons. The van der Waals surface area contributed by atoms with Crippen LogP contribution in [0.25, 0.3) is 0 Å². The van der Waals surface area contributed by atoms with Crippen molar-refractivity contribution < 1.29 is 43.9 Å². The van der Waals surface area contributed by atoms with Crippen molar-refractivity contribution in [3.63, 3.8) is 0 Å². The van der Waals surface area contributed by atoms with E-state index in [2.05, 4.69) is 13.2 Å². The minimum absolute atomic E-state index is 1.04. The van der Waals surface area contributed by atoms with Gasteiger partial charge in [-0.25, -0.2) is 0 Å². The molecule has 10 heteroatoms. The van der Waals surface area contributed by atoms with Crippen LogP contribution >= 0.6 is 0 Å². The van der Waals surface area contributed by atoms with Crippen molar-refractivity contribution in [2.75, 3.05) is 0 Å². The summed E-state index contributed by atoms with van der Waals surface area (Å²) < 4.78 is 126. The van der Waals surface area contributed by atoms with Gasteiger partial charge >= 0.3 is 29.6 Å². The highest BCUT2D eigenvalue weighted by Crippen LogP contribution is 2.57. The van der Waals surface area contributed by atoms with Crippen LogP contribution in [0, 0.1) is 0 Å². The first-order valence-electron chi connectivity index (χ1n) is 4.28. The van der Waals surface area contributed by atoms with Gasteiger partial charge in [0.1, 0.15) is 0 Å². The van der Waals surface area contributed by atoms with Crippen molar-refractivity contribution in [2.24, 2.45) is 0 Å². The van der Waals surface area contributed by atoms with Crippen LogP contribution in [0.15, 0.2) is 25.3 Å². The van der Waals surface area contributed by atoms with Crippen molar-refractivity contribution >= 4 is 0 Å². The number of halogens is 10. The van der Waals surface area contributed by atoms with E-state index in [9.17, 15) is 43.9 Å². The van der Waals surface area contributed by atoms with Crippen molar-refractivity contribution in [1.29, 1.82) is 0 Å². The van der Waals surface area contributed by atoms with Gasteiger partial charge in [-0.15, -0.1) is 0 Å². The molecule has 0 amide bonds. The van der Waals surface area contributed by atoms with Gasteiger partial charge in [-0.3, -0.25) is 0 Å². The summed E-state index contributed by atoms with van der Waals surface area (Å²) in [5, 5.41) is 0. The van der Waals surface area contributed by atoms with Gasteiger partial charge in [0.05, 0.1) is 0 Å². The van der Waals surface area contributed by atoms with Gasteiger partial charge in [0.25, 0.3) is 0 Å². The van der Waals surface area contributed by atoms with Gasteiger partial charge < -0.3 is 0 Å². The van der Waals surface area contributed by atoms with Gasteiger partial charge in [-0.05, 0) is 12.2 Å². The molecule has 0 heterocycles. The van der Waals surface area contributed by atoms with E-state index in [-0.39, 0.29) is 0 Å². The van der Waals surface area contributed by atoms with Gasteiger partial charge in [-0.1, -0.05) is 13.2 Å². The Bertz CT molecular complexity index is 333. The molecule has 0 atom stereocenters. The first-order valence-corrected chi connectivity index (χ1v) is 4.28. The lowest BCUT2D eigenvalue weighted by atomic mass is 9.94. The lowest BCUT2D eigenvalue weighted by Crippen LogP contribution is -2.66. The number of alkyl halides is 10. The molecule has 0 aliphatic rings. The molecular weight excluding hydrogens is 298 g/mol. The topological polar surface area (TPSA) is 0 Å². The van der Waals surface area contributed by atoms with E-state index in [1.165, 1.54) is 0 Å². The standard InChI is InChI=1S/C9H6F10/c1-3-5(10,11)7(14,15)9(18,19)8(16,17)6(12,13)4-2/h3-4H,1-2H2. The Hall–Kier alpha value is -1.22. The van der Waals surface area contributed by atoms with Crippen LogP contribution in [-0.4, -0.2) is 29.6 Å². The average Bonchev–Trinajstić information content (AvgIpc) is 2.27. The van der Waals surface area contributed by atoms with E-state index in [0.29, 0.717) is 0 Å². The summed E-state index contributed by atoms with van der Waals surface area (Å²) in [5.41, 5.74) is 0. The maximum absolute atomic E-state index is 12.8. The Morgan fingerprint density at radius 3 is 0.842 bits per heavy atom. The van der Waals surface area contributed by atoms with Gasteiger partial charge in [-0.2, -0.15) is 43.9 Å². The predicted octanol–water partition coefficient (Wildman–Crippen LogP) is 4.53. The molecule has 0 unspecified atom stereocenters. The fourth-order valence-electron chi connectivity index (χ4n) is 0.872. The highest BCUT2D eigenvalue weighted by atomic mass is 19.4. The molecule has 0 saturated carbocycles. The molecule has 0 radical (unpaired) electrons. The van der Waals surface area contributed by atoms with Crippen molar-refractivity contribution in [3.8, 4) is 0 Å². The number of rotatable bonds is 6. The average molecular weight is 304 g/mol. The molecule has 0 fully saturated rings. The molecule has 0 rings (SSSR count). The van der Waals surface area contributed by atoms with Crippen LogP contribution < -0.4 is 0 Å². The van der Waals surface area contributed by atoms with Crippen molar-refractivity contribution in [3.05, 3.63) is 25.3 Å². The smallest absolute Gasteiger partial charge is 0.195 e. The minimum Gasteiger partial charge on any atom is -0.195 e. The fraction of sp³-hybridized carbons (Fsp3) is 0.556. The second-order valence-corrected chi connectivity index (χ2v) is 3.38. The first-order chi connectivity index (χ1) is 8.12. The molecule has 0 spiro atoms. The third-order valence-electron chi connectivity index (χ3n) is 2.14. The third-order valence-corrected chi connectivity index (χ3v) is 2.14. The lowest BCUT2D eigenvalue weighted by molar-refractivity contribution is -0.386. The molecule has 0 bridgehead atoms. The van der Waals surface area contributed by atoms with E-state index < -0.39 is 41.8 Å². The van der Waals surface area contributed by atoms with E-state index in [1.807, 2.05) is 0 Å². The largest absolute Gasteiger partial charge is 0.385 e. The molecule has 0 nitrogen and oxygen atoms in total. The molecular formula is C9H6F10. The summed E-state index contributed by atoms with van der Waals surface area (Å²) in [6, 6.07) is 0. The predicted molar refractivity (Wildman–Crippen MR) is 45.1 cm³/mol. The highest BCUT2D eigenvalue weighted by molar-refractivity contribution is 5.15. The summed E-state index contributed by atoms with van der Waals surface area (Å²) in [4.78, 5) is 0. The van der Waals surface area contributed by atoms with Crippen LogP contribution in [-0.2, 0) is 0 Å². The molecule has 0 aliphatic carbocycles. The fourth-order valence-corrected chi connectivity index (χ4v) is 0.872. The summed E-state index contributed by atoms with van der Waals surface area (Å²) in [5.74, 6) is -32.3. The van der Waals surface area contributed by atoms with E-state index in [0.717, 1.165) is 0 Å². The molecule has 0 saturated heterocycles. The maximum Gasteiger partial charge on any atom is 0.385 e. The Kier molecular flexibility index (Phi) is 4.13. The molecule has 19 heavy (non-hydrogen) atoms. The molecule has 0 aromatic heterocycles. The molecule has 0 aromatic rings.